The number of fused-ring (bicyclic) bond motifs is 3. The normalized spacial score (nSPS) is 15.5. The Morgan fingerprint density at radius 2 is 1.28 bits per heavy atom. The van der Waals surface area contributed by atoms with Crippen molar-refractivity contribution in [2.24, 2.45) is 5.92 Å². The molecule has 0 bridgehead atoms. The van der Waals surface area contributed by atoms with Gasteiger partial charge in [-0.05, 0) is 127 Å². The summed E-state index contributed by atoms with van der Waals surface area (Å²) in [5.74, 6) is 2.54. The Hall–Kier alpha value is -5.86. The fraction of sp³-hybridized carbons (Fsp3) is 0.176. The standard InChI is InChI=1S/C43H37NO.C8H10/c1-27-12-5-7-16-35(27)42-36(31-20-21-31)22-23-38-37-17-8-9-18-39(37)44(43(38)42)34-15-11-14-32(25-34)33-24-29(3)30(4)41(26-33)45-40-19-10-6-13-28(40)2;1-7-5-3-4-6-8(7)2/h5-19,22-26,30-31H,3,20-21H2,1-2,4H3;3-6H,1-2H3. The van der Waals surface area contributed by atoms with E-state index in [9.17, 15) is 0 Å². The lowest BCUT2D eigenvalue weighted by Gasteiger charge is -2.24. The maximum Gasteiger partial charge on any atom is 0.129 e. The molecule has 9 rings (SSSR count). The Morgan fingerprint density at radius 3 is 1.98 bits per heavy atom. The molecule has 7 aromatic rings. The van der Waals surface area contributed by atoms with E-state index in [4.69, 9.17) is 4.74 Å². The topological polar surface area (TPSA) is 14.2 Å². The van der Waals surface area contributed by atoms with Gasteiger partial charge in [0.2, 0.25) is 0 Å². The zero-order valence-corrected chi connectivity index (χ0v) is 31.5. The maximum absolute atomic E-state index is 6.51. The van der Waals surface area contributed by atoms with E-state index < -0.39 is 0 Å². The summed E-state index contributed by atoms with van der Waals surface area (Å²) in [4.78, 5) is 0. The minimum atomic E-state index is 0.103. The SMILES string of the molecule is C=C1C=C(c2cccc(-n3c4ccccc4c4ccc(C5CC5)c(-c5ccccc5C)c43)c2)C=C(Oc2ccccc2C)C1C.Cc1ccccc1C. The van der Waals surface area contributed by atoms with E-state index >= 15 is 0 Å². The van der Waals surface area contributed by atoms with Gasteiger partial charge in [-0.25, -0.2) is 0 Å². The molecule has 1 fully saturated rings. The molecule has 2 nitrogen and oxygen atoms in total. The minimum Gasteiger partial charge on any atom is -0.461 e. The summed E-state index contributed by atoms with van der Waals surface area (Å²) < 4.78 is 9.01. The summed E-state index contributed by atoms with van der Waals surface area (Å²) >= 11 is 0. The zero-order chi connectivity index (χ0) is 36.6. The fourth-order valence-corrected chi connectivity index (χ4v) is 7.61. The second-order valence-corrected chi connectivity index (χ2v) is 14.8. The Kier molecular flexibility index (Phi) is 9.22. The first kappa shape index (κ1) is 34.2. The molecular weight excluding hydrogens is 643 g/mol. The van der Waals surface area contributed by atoms with Crippen molar-refractivity contribution in [3.8, 4) is 22.6 Å². The number of aromatic nitrogens is 1. The summed E-state index contributed by atoms with van der Waals surface area (Å²) in [6.07, 6.45) is 6.93. The summed E-state index contributed by atoms with van der Waals surface area (Å²) in [5, 5.41) is 2.58. The van der Waals surface area contributed by atoms with Gasteiger partial charge in [-0.15, -0.1) is 0 Å². The average Bonchev–Trinajstić information content (AvgIpc) is 3.97. The van der Waals surface area contributed by atoms with Crippen LogP contribution in [0.1, 0.15) is 59.1 Å². The van der Waals surface area contributed by atoms with Gasteiger partial charge in [0.25, 0.3) is 0 Å². The molecule has 262 valence electrons. The number of hydrogen-bond acceptors (Lipinski definition) is 1. The van der Waals surface area contributed by atoms with Crippen molar-refractivity contribution in [1.82, 2.24) is 4.57 Å². The van der Waals surface area contributed by atoms with Crippen LogP contribution in [0.3, 0.4) is 0 Å². The molecule has 0 spiro atoms. The number of aryl methyl sites for hydroxylation is 4. The van der Waals surface area contributed by atoms with E-state index in [2.05, 4.69) is 173 Å². The van der Waals surface area contributed by atoms with E-state index in [1.165, 1.54) is 68.0 Å². The molecule has 2 heteroatoms. The van der Waals surface area contributed by atoms with Crippen LogP contribution in [-0.4, -0.2) is 4.57 Å². The van der Waals surface area contributed by atoms with Crippen LogP contribution in [0.5, 0.6) is 5.75 Å². The predicted molar refractivity (Wildman–Crippen MR) is 225 cm³/mol. The van der Waals surface area contributed by atoms with Crippen molar-refractivity contribution < 1.29 is 4.74 Å². The highest BCUT2D eigenvalue weighted by Crippen LogP contribution is 2.49. The van der Waals surface area contributed by atoms with Crippen LogP contribution >= 0.6 is 0 Å². The summed E-state index contributed by atoms with van der Waals surface area (Å²) in [6, 6.07) is 48.0. The van der Waals surface area contributed by atoms with Crippen LogP contribution in [0.25, 0.3) is 44.2 Å². The highest BCUT2D eigenvalue weighted by atomic mass is 16.5. The molecule has 6 aromatic carbocycles. The monoisotopic (exact) mass is 689 g/mol. The van der Waals surface area contributed by atoms with Crippen molar-refractivity contribution in [2.75, 3.05) is 0 Å². The molecule has 0 saturated heterocycles. The number of para-hydroxylation sites is 2. The Bertz CT molecular complexity index is 2550. The first-order valence-electron chi connectivity index (χ1n) is 18.9. The van der Waals surface area contributed by atoms with Gasteiger partial charge in [0, 0.05) is 27.9 Å². The summed E-state index contributed by atoms with van der Waals surface area (Å²) in [7, 11) is 0. The Labute approximate surface area is 314 Å². The van der Waals surface area contributed by atoms with Crippen LogP contribution in [-0.2, 0) is 0 Å². The fourth-order valence-electron chi connectivity index (χ4n) is 7.61. The molecule has 0 radical (unpaired) electrons. The van der Waals surface area contributed by atoms with Crippen LogP contribution in [0.15, 0.2) is 164 Å². The van der Waals surface area contributed by atoms with Gasteiger partial charge in [-0.2, -0.15) is 0 Å². The van der Waals surface area contributed by atoms with Crippen molar-refractivity contribution in [2.45, 2.75) is 53.4 Å². The highest BCUT2D eigenvalue weighted by molar-refractivity contribution is 6.14. The Morgan fingerprint density at radius 1 is 0.623 bits per heavy atom. The van der Waals surface area contributed by atoms with E-state index in [0.717, 1.165) is 39.5 Å². The maximum atomic E-state index is 6.51. The van der Waals surface area contributed by atoms with Crippen molar-refractivity contribution in [1.29, 1.82) is 0 Å². The van der Waals surface area contributed by atoms with E-state index in [1.807, 2.05) is 18.2 Å². The number of ether oxygens (including phenoxy) is 1. The molecule has 0 N–H and O–H groups in total. The van der Waals surface area contributed by atoms with Crippen LogP contribution in [0, 0.1) is 33.6 Å². The summed E-state index contributed by atoms with van der Waals surface area (Å²) in [6.45, 7) is 15.2. The lowest BCUT2D eigenvalue weighted by Crippen LogP contribution is -2.12. The number of rotatable bonds is 6. The molecular formula is C51H47NO. The smallest absolute Gasteiger partial charge is 0.129 e. The van der Waals surface area contributed by atoms with E-state index in [-0.39, 0.29) is 5.92 Å². The quantitative estimate of drug-likeness (QED) is 0.170. The lowest BCUT2D eigenvalue weighted by atomic mass is 9.89. The molecule has 1 aromatic heterocycles. The zero-order valence-electron chi connectivity index (χ0n) is 31.5. The molecule has 53 heavy (non-hydrogen) atoms. The molecule has 1 unspecified atom stereocenters. The molecule has 2 aliphatic rings. The van der Waals surface area contributed by atoms with Gasteiger partial charge in [0.15, 0.2) is 0 Å². The van der Waals surface area contributed by atoms with Gasteiger partial charge in [-0.3, -0.25) is 0 Å². The third-order valence-electron chi connectivity index (χ3n) is 11.1. The van der Waals surface area contributed by atoms with Gasteiger partial charge >= 0.3 is 0 Å². The molecule has 2 aliphatic carbocycles. The first-order valence-corrected chi connectivity index (χ1v) is 18.9. The molecule has 1 saturated carbocycles. The van der Waals surface area contributed by atoms with Gasteiger partial charge in [0.05, 0.1) is 11.0 Å². The molecule has 0 amide bonds. The van der Waals surface area contributed by atoms with Crippen LogP contribution in [0.2, 0.25) is 0 Å². The first-order chi connectivity index (χ1) is 25.8. The number of benzene rings is 6. The molecule has 0 aliphatic heterocycles. The minimum absolute atomic E-state index is 0.103. The number of hydrogen-bond donors (Lipinski definition) is 0. The predicted octanol–water partition coefficient (Wildman–Crippen LogP) is 13.8. The van der Waals surface area contributed by atoms with E-state index in [0.29, 0.717) is 5.92 Å². The lowest BCUT2D eigenvalue weighted by molar-refractivity contribution is 0.374. The number of allylic oxidation sites excluding steroid dienone is 4. The van der Waals surface area contributed by atoms with Crippen LogP contribution in [0.4, 0.5) is 0 Å². The van der Waals surface area contributed by atoms with Crippen molar-refractivity contribution in [3.05, 3.63) is 197 Å². The largest absolute Gasteiger partial charge is 0.461 e. The van der Waals surface area contributed by atoms with Gasteiger partial charge in [0.1, 0.15) is 11.5 Å². The second kappa shape index (κ2) is 14.3. The van der Waals surface area contributed by atoms with Crippen molar-refractivity contribution >= 4 is 27.4 Å². The van der Waals surface area contributed by atoms with Gasteiger partial charge < -0.3 is 9.30 Å². The van der Waals surface area contributed by atoms with Crippen LogP contribution < -0.4 is 4.74 Å². The molecule has 1 atom stereocenters. The van der Waals surface area contributed by atoms with E-state index in [1.54, 1.807) is 0 Å². The van der Waals surface area contributed by atoms with Crippen molar-refractivity contribution in [3.63, 3.8) is 0 Å². The summed E-state index contributed by atoms with van der Waals surface area (Å²) in [5.41, 5.74) is 16.3. The van der Waals surface area contributed by atoms with Gasteiger partial charge in [-0.1, -0.05) is 129 Å². The highest BCUT2D eigenvalue weighted by Gasteiger charge is 2.30. The average molecular weight is 690 g/mol. The Balaban J connectivity index is 0.000000445. The second-order valence-electron chi connectivity index (χ2n) is 14.8. The third kappa shape index (κ3) is 6.66. The molecule has 1 heterocycles. The third-order valence-corrected chi connectivity index (χ3v) is 11.1. The number of nitrogens with zero attached hydrogens (tertiary/aromatic N) is 1.